The van der Waals surface area contributed by atoms with Gasteiger partial charge in [-0.15, -0.1) is 0 Å². The largest absolute Gasteiger partial charge is 0.207 e. The van der Waals surface area contributed by atoms with Gasteiger partial charge in [-0.2, -0.15) is 0 Å². The van der Waals surface area contributed by atoms with E-state index < -0.39 is 17.5 Å². The molecule has 0 radical (unpaired) electrons. The molecule has 1 fully saturated rings. The first-order chi connectivity index (χ1) is 11.5. The van der Waals surface area contributed by atoms with E-state index in [0.29, 0.717) is 0 Å². The first-order valence-electron chi connectivity index (χ1n) is 8.76. The Morgan fingerprint density at radius 3 is 2.17 bits per heavy atom. The molecule has 3 rings (SSSR count). The summed E-state index contributed by atoms with van der Waals surface area (Å²) in [6.07, 6.45) is 7.06. The summed E-state index contributed by atoms with van der Waals surface area (Å²) in [6, 6.07) is 8.10. The second-order valence-electron chi connectivity index (χ2n) is 7.14. The van der Waals surface area contributed by atoms with Crippen LogP contribution >= 0.6 is 0 Å². The molecule has 0 N–H and O–H groups in total. The fraction of sp³-hybridized carbons (Fsp3) is 0.429. The molecular weight excluding hydrogens is 309 g/mol. The van der Waals surface area contributed by atoms with Crippen molar-refractivity contribution < 1.29 is 13.2 Å². The van der Waals surface area contributed by atoms with E-state index >= 15 is 0 Å². The highest BCUT2D eigenvalue weighted by molar-refractivity contribution is 5.64. The number of benzene rings is 2. The van der Waals surface area contributed by atoms with E-state index in [2.05, 4.69) is 6.92 Å². The van der Waals surface area contributed by atoms with Crippen LogP contribution in [0, 0.1) is 29.3 Å². The monoisotopic (exact) mass is 332 g/mol. The molecule has 0 aliphatic heterocycles. The van der Waals surface area contributed by atoms with Crippen LogP contribution in [0.15, 0.2) is 36.4 Å². The van der Waals surface area contributed by atoms with Crippen molar-refractivity contribution in [1.82, 2.24) is 0 Å². The Morgan fingerprint density at radius 2 is 1.54 bits per heavy atom. The Kier molecular flexibility index (Phi) is 5.27. The van der Waals surface area contributed by atoms with E-state index in [4.69, 9.17) is 0 Å². The molecule has 0 nitrogen and oxygen atoms in total. The summed E-state index contributed by atoms with van der Waals surface area (Å²) in [5.41, 5.74) is 1.42. The fourth-order valence-corrected chi connectivity index (χ4v) is 3.65. The summed E-state index contributed by atoms with van der Waals surface area (Å²) >= 11 is 0. The maximum Gasteiger partial charge on any atom is 0.131 e. The highest BCUT2D eigenvalue weighted by Gasteiger charge is 2.18. The molecule has 0 spiro atoms. The normalized spacial score (nSPS) is 21.0. The molecule has 0 amide bonds. The summed E-state index contributed by atoms with van der Waals surface area (Å²) in [4.78, 5) is 0. The molecule has 1 saturated carbocycles. The molecule has 3 heteroatoms. The van der Waals surface area contributed by atoms with E-state index in [1.54, 1.807) is 6.07 Å². The second-order valence-corrected chi connectivity index (χ2v) is 7.14. The quantitative estimate of drug-likeness (QED) is 0.597. The fourth-order valence-electron chi connectivity index (χ4n) is 3.65. The van der Waals surface area contributed by atoms with Gasteiger partial charge in [-0.1, -0.05) is 44.7 Å². The Bertz CT molecular complexity index is 680. The van der Waals surface area contributed by atoms with Crippen LogP contribution in [0.25, 0.3) is 11.1 Å². The number of hydrogen-bond acceptors (Lipinski definition) is 0. The Labute approximate surface area is 141 Å². The smallest absolute Gasteiger partial charge is 0.131 e. The minimum atomic E-state index is -0.694. The van der Waals surface area contributed by atoms with Crippen molar-refractivity contribution in [2.75, 3.05) is 0 Å². The lowest BCUT2D eigenvalue weighted by molar-refractivity contribution is 0.277. The SMILES string of the molecule is CC1CCC(CCc2ccc(-c3cc(F)cc(F)c3)c(F)c2)CC1. The van der Waals surface area contributed by atoms with E-state index in [-0.39, 0.29) is 11.1 Å². The molecule has 2 aromatic carbocycles. The predicted octanol–water partition coefficient (Wildman–Crippen LogP) is 6.53. The molecule has 0 bridgehead atoms. The number of aryl methyl sites for hydroxylation is 1. The van der Waals surface area contributed by atoms with Gasteiger partial charge >= 0.3 is 0 Å². The van der Waals surface area contributed by atoms with Gasteiger partial charge in [0.15, 0.2) is 0 Å². The number of rotatable bonds is 4. The second kappa shape index (κ2) is 7.42. The maximum absolute atomic E-state index is 14.4. The Hall–Kier alpha value is -1.77. The minimum Gasteiger partial charge on any atom is -0.207 e. The van der Waals surface area contributed by atoms with Gasteiger partial charge in [0.25, 0.3) is 0 Å². The average molecular weight is 332 g/mol. The topological polar surface area (TPSA) is 0 Å². The van der Waals surface area contributed by atoms with Crippen LogP contribution in [0.1, 0.15) is 44.6 Å². The van der Waals surface area contributed by atoms with Gasteiger partial charge < -0.3 is 0 Å². The Balaban J connectivity index is 1.68. The molecule has 2 aromatic rings. The van der Waals surface area contributed by atoms with Gasteiger partial charge in [-0.05, 0) is 54.0 Å². The molecule has 1 aliphatic rings. The van der Waals surface area contributed by atoms with Crippen LogP contribution in [0.3, 0.4) is 0 Å². The van der Waals surface area contributed by atoms with Crippen LogP contribution in [0.5, 0.6) is 0 Å². The number of hydrogen-bond donors (Lipinski definition) is 0. The average Bonchev–Trinajstić information content (AvgIpc) is 2.53. The first kappa shape index (κ1) is 17.1. The van der Waals surface area contributed by atoms with Crippen LogP contribution in [0.4, 0.5) is 13.2 Å². The molecule has 0 saturated heterocycles. The molecule has 0 aromatic heterocycles. The van der Waals surface area contributed by atoms with E-state index in [1.165, 1.54) is 31.7 Å². The zero-order valence-electron chi connectivity index (χ0n) is 14.0. The van der Waals surface area contributed by atoms with Gasteiger partial charge in [0, 0.05) is 11.6 Å². The summed E-state index contributed by atoms with van der Waals surface area (Å²) in [5.74, 6) is -0.235. The Morgan fingerprint density at radius 1 is 0.875 bits per heavy atom. The summed E-state index contributed by atoms with van der Waals surface area (Å²) < 4.78 is 41.0. The lowest BCUT2D eigenvalue weighted by atomic mass is 9.80. The van der Waals surface area contributed by atoms with Gasteiger partial charge in [0.2, 0.25) is 0 Å². The number of halogens is 3. The van der Waals surface area contributed by atoms with Crippen LogP contribution < -0.4 is 0 Å². The first-order valence-corrected chi connectivity index (χ1v) is 8.76. The molecule has 0 heterocycles. The standard InChI is InChI=1S/C21H23F3/c1-14-2-4-15(5-3-14)6-7-16-8-9-20(21(24)10-16)17-11-18(22)13-19(23)12-17/h8-15H,2-7H2,1H3. The van der Waals surface area contributed by atoms with Crippen molar-refractivity contribution in [1.29, 1.82) is 0 Å². The van der Waals surface area contributed by atoms with E-state index in [9.17, 15) is 13.2 Å². The molecule has 24 heavy (non-hydrogen) atoms. The van der Waals surface area contributed by atoms with Gasteiger partial charge in [-0.25, -0.2) is 13.2 Å². The highest BCUT2D eigenvalue weighted by Crippen LogP contribution is 2.32. The molecule has 1 aliphatic carbocycles. The van der Waals surface area contributed by atoms with Crippen molar-refractivity contribution in [3.05, 3.63) is 59.4 Å². The summed E-state index contributed by atoms with van der Waals surface area (Å²) in [5, 5.41) is 0. The van der Waals surface area contributed by atoms with Crippen LogP contribution in [-0.4, -0.2) is 0 Å². The third kappa shape index (κ3) is 4.19. The third-order valence-corrected chi connectivity index (χ3v) is 5.18. The molecule has 128 valence electrons. The zero-order chi connectivity index (χ0) is 17.1. The van der Waals surface area contributed by atoms with Gasteiger partial charge in [-0.3, -0.25) is 0 Å². The van der Waals surface area contributed by atoms with E-state index in [0.717, 1.165) is 48.4 Å². The van der Waals surface area contributed by atoms with Crippen molar-refractivity contribution in [3.63, 3.8) is 0 Å². The summed E-state index contributed by atoms with van der Waals surface area (Å²) in [6.45, 7) is 2.31. The van der Waals surface area contributed by atoms with Gasteiger partial charge in [0.05, 0.1) is 0 Å². The van der Waals surface area contributed by atoms with Crippen molar-refractivity contribution in [2.45, 2.75) is 45.4 Å². The molecule has 0 atom stereocenters. The van der Waals surface area contributed by atoms with Crippen LogP contribution in [0.2, 0.25) is 0 Å². The minimum absolute atomic E-state index is 0.234. The predicted molar refractivity (Wildman–Crippen MR) is 91.2 cm³/mol. The maximum atomic E-state index is 14.4. The third-order valence-electron chi connectivity index (χ3n) is 5.18. The molecule has 0 unspecified atom stereocenters. The van der Waals surface area contributed by atoms with Crippen LogP contribution in [-0.2, 0) is 6.42 Å². The van der Waals surface area contributed by atoms with E-state index in [1.807, 2.05) is 6.07 Å². The summed E-state index contributed by atoms with van der Waals surface area (Å²) in [7, 11) is 0. The van der Waals surface area contributed by atoms with Crippen molar-refractivity contribution in [2.24, 2.45) is 11.8 Å². The van der Waals surface area contributed by atoms with Gasteiger partial charge in [0.1, 0.15) is 17.5 Å². The van der Waals surface area contributed by atoms with Crippen molar-refractivity contribution >= 4 is 0 Å². The lowest BCUT2D eigenvalue weighted by Gasteiger charge is -2.26. The molecular formula is C21H23F3. The highest BCUT2D eigenvalue weighted by atomic mass is 19.1. The zero-order valence-corrected chi connectivity index (χ0v) is 14.0. The lowest BCUT2D eigenvalue weighted by Crippen LogP contribution is -2.12. The van der Waals surface area contributed by atoms with Crippen molar-refractivity contribution in [3.8, 4) is 11.1 Å².